The summed E-state index contributed by atoms with van der Waals surface area (Å²) in [4.78, 5) is 26.2. The number of hydrogen-bond acceptors (Lipinski definition) is 3. The Labute approximate surface area is 137 Å². The third-order valence-electron chi connectivity index (χ3n) is 3.73. The SMILES string of the molecule is O=C(Nc1cc(Cl)ccc1F)C1CCCN1C(=O)c1ccco1. The number of nitrogens with zero attached hydrogens (tertiary/aromatic N) is 1. The summed E-state index contributed by atoms with van der Waals surface area (Å²) < 4.78 is 18.8. The van der Waals surface area contributed by atoms with E-state index < -0.39 is 17.8 Å². The van der Waals surface area contributed by atoms with Crippen molar-refractivity contribution >= 4 is 29.1 Å². The third kappa shape index (κ3) is 3.22. The van der Waals surface area contributed by atoms with Crippen LogP contribution in [-0.4, -0.2) is 29.3 Å². The van der Waals surface area contributed by atoms with Gasteiger partial charge in [0, 0.05) is 11.6 Å². The van der Waals surface area contributed by atoms with Crippen molar-refractivity contribution in [3.63, 3.8) is 0 Å². The van der Waals surface area contributed by atoms with Crippen LogP contribution in [0.2, 0.25) is 5.02 Å². The Morgan fingerprint density at radius 1 is 1.35 bits per heavy atom. The zero-order valence-corrected chi connectivity index (χ0v) is 12.8. The fraction of sp³-hybridized carbons (Fsp3) is 0.250. The number of carbonyl (C=O) groups is 2. The first kappa shape index (κ1) is 15.6. The van der Waals surface area contributed by atoms with Crippen molar-refractivity contribution in [3.8, 4) is 0 Å². The summed E-state index contributed by atoms with van der Waals surface area (Å²) in [6.07, 6.45) is 2.61. The van der Waals surface area contributed by atoms with Gasteiger partial charge >= 0.3 is 0 Å². The normalized spacial score (nSPS) is 17.3. The summed E-state index contributed by atoms with van der Waals surface area (Å²) >= 11 is 5.81. The van der Waals surface area contributed by atoms with E-state index in [0.29, 0.717) is 24.4 Å². The molecule has 0 radical (unpaired) electrons. The van der Waals surface area contributed by atoms with E-state index in [2.05, 4.69) is 5.32 Å². The van der Waals surface area contributed by atoms with Gasteiger partial charge in [-0.25, -0.2) is 4.39 Å². The van der Waals surface area contributed by atoms with Crippen LogP contribution in [0, 0.1) is 5.82 Å². The van der Waals surface area contributed by atoms with Gasteiger partial charge in [-0.15, -0.1) is 0 Å². The lowest BCUT2D eigenvalue weighted by atomic mass is 10.2. The maximum absolute atomic E-state index is 13.7. The minimum absolute atomic E-state index is 0.000187. The van der Waals surface area contributed by atoms with E-state index in [0.717, 1.165) is 0 Å². The van der Waals surface area contributed by atoms with Crippen molar-refractivity contribution in [2.24, 2.45) is 0 Å². The summed E-state index contributed by atoms with van der Waals surface area (Å²) in [6, 6.07) is 6.41. The predicted octanol–water partition coefficient (Wildman–Crippen LogP) is 3.32. The molecule has 0 spiro atoms. The number of likely N-dealkylation sites (tertiary alicyclic amines) is 1. The molecule has 0 aliphatic carbocycles. The second-order valence-electron chi connectivity index (χ2n) is 5.25. The summed E-state index contributed by atoms with van der Waals surface area (Å²) in [5, 5.41) is 2.82. The van der Waals surface area contributed by atoms with Gasteiger partial charge < -0.3 is 14.6 Å². The number of carbonyl (C=O) groups excluding carboxylic acids is 2. The van der Waals surface area contributed by atoms with Crippen molar-refractivity contribution in [2.75, 3.05) is 11.9 Å². The number of halogens is 2. The molecule has 1 aromatic carbocycles. The number of anilines is 1. The molecule has 3 rings (SSSR count). The van der Waals surface area contributed by atoms with Crippen LogP contribution < -0.4 is 5.32 Å². The maximum atomic E-state index is 13.7. The van der Waals surface area contributed by atoms with Crippen molar-refractivity contribution in [1.82, 2.24) is 4.90 Å². The number of furan rings is 1. The lowest BCUT2D eigenvalue weighted by molar-refractivity contribution is -0.119. The van der Waals surface area contributed by atoms with Gasteiger partial charge in [0.05, 0.1) is 12.0 Å². The summed E-state index contributed by atoms with van der Waals surface area (Å²) in [7, 11) is 0. The molecule has 5 nitrogen and oxygen atoms in total. The van der Waals surface area contributed by atoms with Gasteiger partial charge in [0.25, 0.3) is 5.91 Å². The molecule has 2 aromatic rings. The van der Waals surface area contributed by atoms with Gasteiger partial charge in [-0.1, -0.05) is 11.6 Å². The molecule has 1 aliphatic rings. The van der Waals surface area contributed by atoms with Gasteiger partial charge in [-0.3, -0.25) is 9.59 Å². The predicted molar refractivity (Wildman–Crippen MR) is 82.8 cm³/mol. The zero-order chi connectivity index (χ0) is 16.4. The maximum Gasteiger partial charge on any atom is 0.290 e. The van der Waals surface area contributed by atoms with E-state index in [1.807, 2.05) is 0 Å². The molecule has 1 N–H and O–H groups in total. The van der Waals surface area contributed by atoms with E-state index in [1.165, 1.54) is 29.4 Å². The summed E-state index contributed by atoms with van der Waals surface area (Å²) in [6.45, 7) is 0.454. The quantitative estimate of drug-likeness (QED) is 0.935. The van der Waals surface area contributed by atoms with Crippen molar-refractivity contribution in [2.45, 2.75) is 18.9 Å². The van der Waals surface area contributed by atoms with Crippen molar-refractivity contribution in [3.05, 3.63) is 53.2 Å². The van der Waals surface area contributed by atoms with E-state index in [1.54, 1.807) is 12.1 Å². The van der Waals surface area contributed by atoms with E-state index in [-0.39, 0.29) is 17.4 Å². The molecule has 1 aromatic heterocycles. The summed E-state index contributed by atoms with van der Waals surface area (Å²) in [5.41, 5.74) is -0.000187. The molecule has 1 saturated heterocycles. The molecule has 0 bridgehead atoms. The summed E-state index contributed by atoms with van der Waals surface area (Å²) in [5.74, 6) is -1.19. The highest BCUT2D eigenvalue weighted by Gasteiger charge is 2.35. The third-order valence-corrected chi connectivity index (χ3v) is 3.97. The van der Waals surface area contributed by atoms with E-state index in [9.17, 15) is 14.0 Å². The smallest absolute Gasteiger partial charge is 0.290 e. The topological polar surface area (TPSA) is 62.6 Å². The number of benzene rings is 1. The Morgan fingerprint density at radius 2 is 2.17 bits per heavy atom. The first-order valence-electron chi connectivity index (χ1n) is 7.16. The van der Waals surface area contributed by atoms with Gasteiger partial charge in [0.2, 0.25) is 5.91 Å². The number of nitrogens with one attached hydrogen (secondary N) is 1. The fourth-order valence-electron chi connectivity index (χ4n) is 2.63. The fourth-order valence-corrected chi connectivity index (χ4v) is 2.81. The monoisotopic (exact) mass is 336 g/mol. The van der Waals surface area contributed by atoms with Crippen LogP contribution in [0.5, 0.6) is 0 Å². The molecule has 2 amide bonds. The van der Waals surface area contributed by atoms with Gasteiger partial charge in [0.1, 0.15) is 11.9 Å². The molecule has 1 atom stereocenters. The number of hydrogen-bond donors (Lipinski definition) is 1. The minimum Gasteiger partial charge on any atom is -0.459 e. The highest BCUT2D eigenvalue weighted by Crippen LogP contribution is 2.24. The van der Waals surface area contributed by atoms with Crippen LogP contribution in [-0.2, 0) is 4.79 Å². The first-order valence-corrected chi connectivity index (χ1v) is 7.54. The van der Waals surface area contributed by atoms with Crippen molar-refractivity contribution < 1.29 is 18.4 Å². The Morgan fingerprint density at radius 3 is 2.91 bits per heavy atom. The van der Waals surface area contributed by atoms with Crippen LogP contribution in [0.3, 0.4) is 0 Å². The Balaban J connectivity index is 1.76. The standard InChI is InChI=1S/C16H14ClFN2O3/c17-10-5-6-11(18)12(9-10)19-15(21)13-3-1-7-20(13)16(22)14-4-2-8-23-14/h2,4-6,8-9,13H,1,3,7H2,(H,19,21). The van der Waals surface area contributed by atoms with Crippen LogP contribution in [0.1, 0.15) is 23.4 Å². The molecule has 2 heterocycles. The highest BCUT2D eigenvalue weighted by molar-refractivity contribution is 6.30. The Hall–Kier alpha value is -2.34. The van der Waals surface area contributed by atoms with Crippen molar-refractivity contribution in [1.29, 1.82) is 0 Å². The second kappa shape index (κ2) is 6.42. The van der Waals surface area contributed by atoms with Crippen LogP contribution in [0.25, 0.3) is 0 Å². The zero-order valence-electron chi connectivity index (χ0n) is 12.1. The molecular weight excluding hydrogens is 323 g/mol. The molecular formula is C16H14ClFN2O3. The molecule has 23 heavy (non-hydrogen) atoms. The van der Waals surface area contributed by atoms with Gasteiger partial charge in [-0.2, -0.15) is 0 Å². The lowest BCUT2D eigenvalue weighted by Crippen LogP contribution is -2.43. The average molecular weight is 337 g/mol. The highest BCUT2D eigenvalue weighted by atomic mass is 35.5. The molecule has 1 aliphatic heterocycles. The molecule has 7 heteroatoms. The van der Waals surface area contributed by atoms with Crippen LogP contribution in [0.4, 0.5) is 10.1 Å². The van der Waals surface area contributed by atoms with Gasteiger partial charge in [-0.05, 0) is 43.2 Å². The van der Waals surface area contributed by atoms with Crippen LogP contribution in [0.15, 0.2) is 41.0 Å². The lowest BCUT2D eigenvalue weighted by Gasteiger charge is -2.23. The number of rotatable bonds is 3. The number of amides is 2. The minimum atomic E-state index is -0.661. The Kier molecular flexibility index (Phi) is 4.34. The van der Waals surface area contributed by atoms with Crippen LogP contribution >= 0.6 is 11.6 Å². The van der Waals surface area contributed by atoms with E-state index in [4.69, 9.17) is 16.0 Å². The van der Waals surface area contributed by atoms with E-state index >= 15 is 0 Å². The Bertz CT molecular complexity index is 733. The molecule has 1 unspecified atom stereocenters. The second-order valence-corrected chi connectivity index (χ2v) is 5.68. The van der Waals surface area contributed by atoms with Gasteiger partial charge in [0.15, 0.2) is 5.76 Å². The average Bonchev–Trinajstić information content (AvgIpc) is 3.20. The first-order chi connectivity index (χ1) is 11.1. The molecule has 0 saturated carbocycles. The molecule has 1 fully saturated rings. The largest absolute Gasteiger partial charge is 0.459 e. The molecule has 120 valence electrons.